The number of aromatic nitrogens is 2. The van der Waals surface area contributed by atoms with E-state index in [1.807, 2.05) is 17.4 Å². The average molecular weight is 344 g/mol. The molecule has 24 heavy (non-hydrogen) atoms. The Kier molecular flexibility index (Phi) is 4.78. The summed E-state index contributed by atoms with van der Waals surface area (Å²) >= 11 is 1.85. The number of hydrogen-bond donors (Lipinski definition) is 1. The third-order valence-electron chi connectivity index (χ3n) is 5.12. The van der Waals surface area contributed by atoms with Crippen molar-refractivity contribution in [1.82, 2.24) is 14.9 Å². The number of rotatable bonds is 4. The van der Waals surface area contributed by atoms with E-state index in [4.69, 9.17) is 4.74 Å². The first kappa shape index (κ1) is 16.0. The second-order valence-corrected chi connectivity index (χ2v) is 7.83. The van der Waals surface area contributed by atoms with Crippen LogP contribution in [0.25, 0.3) is 0 Å². The molecule has 2 aliphatic rings. The first-order valence-corrected chi connectivity index (χ1v) is 9.62. The molecule has 1 N–H and O–H groups in total. The van der Waals surface area contributed by atoms with Crippen LogP contribution in [0.2, 0.25) is 0 Å². The summed E-state index contributed by atoms with van der Waals surface area (Å²) in [5, 5.41) is 5.65. The minimum atomic E-state index is 0.0383. The van der Waals surface area contributed by atoms with Crippen LogP contribution in [0.5, 0.6) is 0 Å². The summed E-state index contributed by atoms with van der Waals surface area (Å²) in [6.07, 6.45) is 7.89. The Bertz CT molecular complexity index is 626. The van der Waals surface area contributed by atoms with Crippen LogP contribution in [0.1, 0.15) is 30.6 Å². The van der Waals surface area contributed by atoms with Crippen molar-refractivity contribution in [3.8, 4) is 0 Å². The van der Waals surface area contributed by atoms with Crippen molar-refractivity contribution in [1.29, 1.82) is 0 Å². The van der Waals surface area contributed by atoms with E-state index in [2.05, 4.69) is 37.7 Å². The minimum absolute atomic E-state index is 0.0383. The Hall–Kier alpha value is -1.50. The van der Waals surface area contributed by atoms with Crippen molar-refractivity contribution in [3.05, 3.63) is 40.8 Å². The number of thiophene rings is 1. The third-order valence-corrected chi connectivity index (χ3v) is 5.98. The predicted molar refractivity (Wildman–Crippen MR) is 96.2 cm³/mol. The monoisotopic (exact) mass is 344 g/mol. The van der Waals surface area contributed by atoms with Crippen LogP contribution in [0, 0.1) is 0 Å². The van der Waals surface area contributed by atoms with Crippen molar-refractivity contribution in [2.75, 3.05) is 25.0 Å². The van der Waals surface area contributed by atoms with Crippen molar-refractivity contribution >= 4 is 17.3 Å². The zero-order valence-electron chi connectivity index (χ0n) is 13.9. The van der Waals surface area contributed by atoms with Gasteiger partial charge in [0.05, 0.1) is 5.60 Å². The molecule has 1 atom stereocenters. The quantitative estimate of drug-likeness (QED) is 0.923. The molecule has 2 aliphatic heterocycles. The third kappa shape index (κ3) is 3.77. The molecule has 0 radical (unpaired) electrons. The summed E-state index contributed by atoms with van der Waals surface area (Å²) < 4.78 is 6.25. The van der Waals surface area contributed by atoms with Crippen molar-refractivity contribution in [2.24, 2.45) is 0 Å². The van der Waals surface area contributed by atoms with Gasteiger partial charge in [0.1, 0.15) is 0 Å². The molecule has 2 aromatic heterocycles. The molecule has 1 unspecified atom stereocenters. The van der Waals surface area contributed by atoms with Crippen LogP contribution in [-0.2, 0) is 11.3 Å². The maximum atomic E-state index is 6.25. The summed E-state index contributed by atoms with van der Waals surface area (Å²) in [6, 6.07) is 6.62. The van der Waals surface area contributed by atoms with Crippen LogP contribution in [0.3, 0.4) is 0 Å². The predicted octanol–water partition coefficient (Wildman–Crippen LogP) is 3.16. The fourth-order valence-corrected chi connectivity index (χ4v) is 4.54. The molecule has 0 amide bonds. The van der Waals surface area contributed by atoms with Crippen LogP contribution in [0.4, 0.5) is 5.95 Å². The van der Waals surface area contributed by atoms with Gasteiger partial charge < -0.3 is 10.1 Å². The van der Waals surface area contributed by atoms with Gasteiger partial charge in [0.25, 0.3) is 0 Å². The number of hydrogen-bond acceptors (Lipinski definition) is 6. The van der Waals surface area contributed by atoms with E-state index < -0.39 is 0 Å². The standard InChI is InChI=1S/C18H24N4OS/c1-3-16(24-12-1)14-22-9-5-18(6-10-22)13-15(4-11-23-18)21-17-19-7-2-8-20-17/h1-3,7-8,12,15H,4-6,9-11,13-14H2,(H,19,20,21). The number of ether oxygens (including phenoxy) is 1. The average Bonchev–Trinajstić information content (AvgIpc) is 3.11. The minimum Gasteiger partial charge on any atom is -0.375 e. The van der Waals surface area contributed by atoms with Gasteiger partial charge in [-0.2, -0.15) is 0 Å². The Morgan fingerprint density at radius 2 is 2.08 bits per heavy atom. The molecule has 5 nitrogen and oxygen atoms in total. The lowest BCUT2D eigenvalue weighted by molar-refractivity contribution is -0.115. The van der Waals surface area contributed by atoms with Crippen LogP contribution < -0.4 is 5.32 Å². The number of nitrogens with one attached hydrogen (secondary N) is 1. The molecule has 2 fully saturated rings. The van der Waals surface area contributed by atoms with E-state index in [-0.39, 0.29) is 5.60 Å². The normalized spacial score (nSPS) is 24.1. The molecule has 4 heterocycles. The smallest absolute Gasteiger partial charge is 0.222 e. The highest BCUT2D eigenvalue weighted by Crippen LogP contribution is 2.36. The van der Waals surface area contributed by atoms with E-state index >= 15 is 0 Å². The van der Waals surface area contributed by atoms with Gasteiger partial charge >= 0.3 is 0 Å². The second-order valence-electron chi connectivity index (χ2n) is 6.79. The number of nitrogens with zero attached hydrogens (tertiary/aromatic N) is 3. The van der Waals surface area contributed by atoms with Crippen LogP contribution in [0.15, 0.2) is 36.0 Å². The molecule has 1 spiro atoms. The van der Waals surface area contributed by atoms with Gasteiger partial charge in [-0.3, -0.25) is 4.90 Å². The molecule has 2 saturated heterocycles. The largest absolute Gasteiger partial charge is 0.375 e. The zero-order valence-corrected chi connectivity index (χ0v) is 14.7. The van der Waals surface area contributed by atoms with E-state index in [0.717, 1.165) is 57.9 Å². The summed E-state index contributed by atoms with van der Waals surface area (Å²) in [5.41, 5.74) is 0.0383. The lowest BCUT2D eigenvalue weighted by Crippen LogP contribution is -2.51. The first-order valence-electron chi connectivity index (χ1n) is 8.74. The Balaban J connectivity index is 1.32. The molecule has 2 aromatic rings. The van der Waals surface area contributed by atoms with Crippen molar-refractivity contribution in [2.45, 2.75) is 43.9 Å². The number of likely N-dealkylation sites (tertiary alicyclic amines) is 1. The molecule has 4 rings (SSSR count). The van der Waals surface area contributed by atoms with Crippen molar-refractivity contribution < 1.29 is 4.74 Å². The molecular weight excluding hydrogens is 320 g/mol. The highest BCUT2D eigenvalue weighted by atomic mass is 32.1. The molecule has 128 valence electrons. The molecule has 0 aromatic carbocycles. The molecule has 0 aliphatic carbocycles. The summed E-state index contributed by atoms with van der Waals surface area (Å²) in [7, 11) is 0. The fraction of sp³-hybridized carbons (Fsp3) is 0.556. The number of anilines is 1. The van der Waals surface area contributed by atoms with Gasteiger partial charge in [0.2, 0.25) is 5.95 Å². The van der Waals surface area contributed by atoms with E-state index in [1.54, 1.807) is 12.4 Å². The topological polar surface area (TPSA) is 50.3 Å². The summed E-state index contributed by atoms with van der Waals surface area (Å²) in [5.74, 6) is 0.731. The highest BCUT2D eigenvalue weighted by Gasteiger charge is 2.40. The van der Waals surface area contributed by atoms with Gasteiger partial charge in [0, 0.05) is 49.6 Å². The summed E-state index contributed by atoms with van der Waals surface area (Å²) in [6.45, 7) is 4.14. The lowest BCUT2D eigenvalue weighted by Gasteiger charge is -2.46. The van der Waals surface area contributed by atoms with E-state index in [9.17, 15) is 0 Å². The zero-order chi connectivity index (χ0) is 16.2. The van der Waals surface area contributed by atoms with Gasteiger partial charge in [-0.05, 0) is 43.2 Å². The van der Waals surface area contributed by atoms with Gasteiger partial charge in [0.15, 0.2) is 0 Å². The maximum Gasteiger partial charge on any atom is 0.222 e. The van der Waals surface area contributed by atoms with Gasteiger partial charge in [-0.25, -0.2) is 9.97 Å². The number of piperidine rings is 1. The lowest BCUT2D eigenvalue weighted by atomic mass is 9.82. The second kappa shape index (κ2) is 7.17. The van der Waals surface area contributed by atoms with E-state index in [1.165, 1.54) is 4.88 Å². The van der Waals surface area contributed by atoms with Crippen LogP contribution >= 0.6 is 11.3 Å². The Morgan fingerprint density at radius 3 is 2.83 bits per heavy atom. The van der Waals surface area contributed by atoms with Gasteiger partial charge in [-0.15, -0.1) is 11.3 Å². The molecule has 6 heteroatoms. The maximum absolute atomic E-state index is 6.25. The molecule has 0 bridgehead atoms. The van der Waals surface area contributed by atoms with E-state index in [0.29, 0.717) is 6.04 Å². The van der Waals surface area contributed by atoms with Gasteiger partial charge in [-0.1, -0.05) is 6.07 Å². The van der Waals surface area contributed by atoms with Crippen molar-refractivity contribution in [3.63, 3.8) is 0 Å². The summed E-state index contributed by atoms with van der Waals surface area (Å²) in [4.78, 5) is 12.6. The SMILES string of the molecule is c1cnc(NC2CCOC3(CCN(Cc4cccs4)CC3)C2)nc1. The first-order chi connectivity index (χ1) is 11.8. The fourth-order valence-electron chi connectivity index (χ4n) is 3.80. The molecule has 0 saturated carbocycles. The Morgan fingerprint density at radius 1 is 1.25 bits per heavy atom. The molecular formula is C18H24N4OS. The highest BCUT2D eigenvalue weighted by molar-refractivity contribution is 7.09. The van der Waals surface area contributed by atoms with Crippen LogP contribution in [-0.4, -0.2) is 46.2 Å². The Labute approximate surface area is 147 Å².